The summed E-state index contributed by atoms with van der Waals surface area (Å²) in [6.45, 7) is 13.9. The zero-order chi connectivity index (χ0) is 40.9. The molecule has 4 rings (SSSR count). The zero-order valence-electron chi connectivity index (χ0n) is 32.9. The van der Waals surface area contributed by atoms with E-state index in [1.54, 1.807) is 66.7 Å². The number of anilines is 2. The Hall–Kier alpha value is -4.45. The van der Waals surface area contributed by atoms with Gasteiger partial charge in [0.15, 0.2) is 0 Å². The van der Waals surface area contributed by atoms with Crippen molar-refractivity contribution in [1.29, 1.82) is 0 Å². The molecule has 1 unspecified atom stereocenters. The molecule has 3 N–H and O–H groups in total. The highest BCUT2D eigenvalue weighted by Gasteiger charge is 2.47. The minimum atomic E-state index is -4.76. The van der Waals surface area contributed by atoms with Crippen LogP contribution in [-0.2, 0) is 26.0 Å². The molecule has 1 heterocycles. The average molecular weight is 811 g/mol. The van der Waals surface area contributed by atoms with Crippen molar-refractivity contribution in [3.05, 3.63) is 53.9 Å². The Labute approximate surface area is 325 Å². The molecule has 0 radical (unpaired) electrons. The number of alkyl carbamates (subject to hydrolysis) is 2. The number of halogens is 2. The third-order valence-electron chi connectivity index (χ3n) is 9.08. The molecule has 2 amide bonds. The van der Waals surface area contributed by atoms with Crippen LogP contribution in [0.5, 0.6) is 11.5 Å². The molecule has 1 aliphatic rings. The van der Waals surface area contributed by atoms with Gasteiger partial charge in [-0.05, 0) is 97.3 Å². The standard InChI is InChI=1S/C37H52F2N6O8S2/c1-22(43-33(46)52-35(2,3)4)24(15-31(37(8)13-14-37)44-34(47)53-36(5,6)7)19-40-28-17-27(39)30(18-26(28)38)55(48,49)45(32-41-21-42-54-32)20-23-11-12-25(50-9)16-29(23)51-10/h11-12,16-18,21-22,24,31,40H,13-15,19-20H2,1-10H3,(H,43,46)(H,44,47)/t22-,24+,31?/m1/s1. The number of rotatable bonds is 16. The molecule has 18 heteroatoms. The Morgan fingerprint density at radius 2 is 1.60 bits per heavy atom. The van der Waals surface area contributed by atoms with Crippen molar-refractivity contribution in [1.82, 2.24) is 20.0 Å². The number of ether oxygens (including phenoxy) is 4. The number of carbonyl (C=O) groups is 2. The normalized spacial score (nSPS) is 15.6. The molecule has 0 saturated heterocycles. The monoisotopic (exact) mass is 810 g/mol. The van der Waals surface area contributed by atoms with Gasteiger partial charge in [0.2, 0.25) is 5.13 Å². The minimum absolute atomic E-state index is 0.00380. The zero-order valence-corrected chi connectivity index (χ0v) is 34.5. The molecule has 2 aromatic carbocycles. The van der Waals surface area contributed by atoms with E-state index >= 15 is 8.78 Å². The van der Waals surface area contributed by atoms with E-state index in [0.717, 1.165) is 41.1 Å². The number of benzene rings is 2. The molecule has 0 bridgehead atoms. The van der Waals surface area contributed by atoms with E-state index in [4.69, 9.17) is 18.9 Å². The first-order valence-corrected chi connectivity index (χ1v) is 20.0. The lowest BCUT2D eigenvalue weighted by Crippen LogP contribution is -2.49. The molecule has 1 aliphatic carbocycles. The van der Waals surface area contributed by atoms with Crippen LogP contribution in [0, 0.1) is 23.0 Å². The van der Waals surface area contributed by atoms with Gasteiger partial charge < -0.3 is 34.9 Å². The van der Waals surface area contributed by atoms with Gasteiger partial charge in [-0.1, -0.05) is 6.92 Å². The number of hydrogen-bond acceptors (Lipinski definition) is 12. The molecule has 1 saturated carbocycles. The molecule has 304 valence electrons. The Morgan fingerprint density at radius 3 is 2.15 bits per heavy atom. The molecule has 55 heavy (non-hydrogen) atoms. The van der Waals surface area contributed by atoms with Gasteiger partial charge in [0.1, 0.15) is 45.6 Å². The van der Waals surface area contributed by atoms with E-state index in [1.807, 2.05) is 6.92 Å². The predicted octanol–water partition coefficient (Wildman–Crippen LogP) is 7.25. The summed E-state index contributed by atoms with van der Waals surface area (Å²) in [5.41, 5.74) is -1.65. The summed E-state index contributed by atoms with van der Waals surface area (Å²) in [5, 5.41) is 8.66. The number of hydrogen-bond donors (Lipinski definition) is 3. The van der Waals surface area contributed by atoms with Crippen molar-refractivity contribution in [2.24, 2.45) is 11.3 Å². The fourth-order valence-corrected chi connectivity index (χ4v) is 7.97. The van der Waals surface area contributed by atoms with Crippen LogP contribution in [0.15, 0.2) is 41.6 Å². The van der Waals surface area contributed by atoms with E-state index in [9.17, 15) is 18.0 Å². The molecule has 0 spiro atoms. The van der Waals surface area contributed by atoms with Crippen molar-refractivity contribution in [2.75, 3.05) is 30.4 Å². The van der Waals surface area contributed by atoms with Crippen LogP contribution in [0.1, 0.15) is 80.2 Å². The molecule has 14 nitrogen and oxygen atoms in total. The number of carbonyl (C=O) groups excluding carboxylic acids is 2. The van der Waals surface area contributed by atoms with E-state index in [1.165, 1.54) is 14.2 Å². The Bertz CT molecular complexity index is 1910. The summed E-state index contributed by atoms with van der Waals surface area (Å²) in [7, 11) is -1.88. The molecule has 0 aliphatic heterocycles. The first-order chi connectivity index (χ1) is 25.5. The predicted molar refractivity (Wildman–Crippen MR) is 205 cm³/mol. The maximum atomic E-state index is 16.0. The second-order valence-corrected chi connectivity index (χ2v) is 18.4. The molecule has 1 fully saturated rings. The second-order valence-electron chi connectivity index (χ2n) is 15.8. The first-order valence-electron chi connectivity index (χ1n) is 17.8. The summed E-state index contributed by atoms with van der Waals surface area (Å²) in [6, 6.07) is 5.20. The Kier molecular flexibility index (Phi) is 13.5. The van der Waals surface area contributed by atoms with Crippen LogP contribution in [0.4, 0.5) is 29.2 Å². The second kappa shape index (κ2) is 17.1. The number of nitrogens with one attached hydrogen (secondary N) is 3. The highest BCUT2D eigenvalue weighted by molar-refractivity contribution is 7.93. The summed E-state index contributed by atoms with van der Waals surface area (Å²) < 4.78 is 86.4. The molecular weight excluding hydrogens is 759 g/mol. The van der Waals surface area contributed by atoms with E-state index in [2.05, 4.69) is 25.3 Å². The average Bonchev–Trinajstić information content (AvgIpc) is 3.59. The van der Waals surface area contributed by atoms with Crippen LogP contribution in [0.25, 0.3) is 0 Å². The SMILES string of the molecule is COc1ccc(CN(c2ncns2)S(=O)(=O)c2cc(F)c(NC[C@H](CC(NC(=O)OC(C)(C)C)C3(C)CC3)[C@@H](C)NC(=O)OC(C)(C)C)cc2F)c(OC)c1. The number of sulfonamides is 1. The fraction of sp³-hybridized carbons (Fsp3) is 0.568. The summed E-state index contributed by atoms with van der Waals surface area (Å²) in [6.07, 6.45) is 1.90. The Balaban J connectivity index is 1.62. The van der Waals surface area contributed by atoms with Gasteiger partial charge in [0.05, 0.1) is 26.5 Å². The maximum absolute atomic E-state index is 16.0. The maximum Gasteiger partial charge on any atom is 0.407 e. The molecule has 1 aromatic heterocycles. The summed E-state index contributed by atoms with van der Waals surface area (Å²) in [4.78, 5) is 28.8. The quantitative estimate of drug-likeness (QED) is 0.133. The van der Waals surface area contributed by atoms with Gasteiger partial charge >= 0.3 is 12.2 Å². The third-order valence-corrected chi connectivity index (χ3v) is 11.6. The minimum Gasteiger partial charge on any atom is -0.497 e. The van der Waals surface area contributed by atoms with E-state index in [-0.39, 0.29) is 35.4 Å². The van der Waals surface area contributed by atoms with Crippen LogP contribution < -0.4 is 29.7 Å². The lowest BCUT2D eigenvalue weighted by atomic mass is 9.85. The number of nitrogens with zero attached hydrogens (tertiary/aromatic N) is 3. The number of aromatic nitrogens is 2. The van der Waals surface area contributed by atoms with Gasteiger partial charge in [0, 0.05) is 47.9 Å². The van der Waals surface area contributed by atoms with Crippen LogP contribution in [-0.4, -0.2) is 74.0 Å². The lowest BCUT2D eigenvalue weighted by molar-refractivity contribution is 0.0440. The largest absolute Gasteiger partial charge is 0.497 e. The van der Waals surface area contributed by atoms with Crippen molar-refractivity contribution in [3.63, 3.8) is 0 Å². The van der Waals surface area contributed by atoms with Crippen LogP contribution >= 0.6 is 11.5 Å². The first kappa shape index (κ1) is 43.3. The van der Waals surface area contributed by atoms with Crippen molar-refractivity contribution in [2.45, 2.75) is 109 Å². The van der Waals surface area contributed by atoms with E-state index in [0.29, 0.717) is 29.5 Å². The highest BCUT2D eigenvalue weighted by Crippen LogP contribution is 2.50. The van der Waals surface area contributed by atoms with E-state index < -0.39 is 61.9 Å². The number of methoxy groups -OCH3 is 2. The molecule has 3 atom stereocenters. The topological polar surface area (TPSA) is 170 Å². The van der Waals surface area contributed by atoms with Gasteiger partial charge in [-0.25, -0.2) is 36.1 Å². The lowest BCUT2D eigenvalue weighted by Gasteiger charge is -2.33. The van der Waals surface area contributed by atoms with Gasteiger partial charge in [-0.2, -0.15) is 4.37 Å². The Morgan fingerprint density at radius 1 is 0.964 bits per heavy atom. The molecular formula is C37H52F2N6O8S2. The number of amides is 2. The third kappa shape index (κ3) is 11.8. The van der Waals surface area contributed by atoms with Crippen LogP contribution in [0.2, 0.25) is 0 Å². The van der Waals surface area contributed by atoms with Crippen molar-refractivity contribution >= 4 is 44.6 Å². The highest BCUT2D eigenvalue weighted by atomic mass is 32.2. The van der Waals surface area contributed by atoms with Gasteiger partial charge in [0.25, 0.3) is 10.0 Å². The van der Waals surface area contributed by atoms with Crippen LogP contribution in [0.3, 0.4) is 0 Å². The fourth-order valence-electron chi connectivity index (χ4n) is 5.78. The molecule has 3 aromatic rings. The summed E-state index contributed by atoms with van der Waals surface area (Å²) >= 11 is 0.763. The van der Waals surface area contributed by atoms with Crippen molar-refractivity contribution < 1.29 is 45.7 Å². The smallest absolute Gasteiger partial charge is 0.407 e. The van der Waals surface area contributed by atoms with Gasteiger partial charge in [-0.3, -0.25) is 0 Å². The summed E-state index contributed by atoms with van der Waals surface area (Å²) in [5.74, 6) is -1.95. The van der Waals surface area contributed by atoms with Crippen molar-refractivity contribution in [3.8, 4) is 11.5 Å². The van der Waals surface area contributed by atoms with Gasteiger partial charge in [-0.15, -0.1) is 0 Å².